The molecule has 0 N–H and O–H groups in total. The quantitative estimate of drug-likeness (QED) is 0.532. The summed E-state index contributed by atoms with van der Waals surface area (Å²) in [6.45, 7) is 2.02. The van der Waals surface area contributed by atoms with Crippen LogP contribution in [-0.4, -0.2) is 23.1 Å². The van der Waals surface area contributed by atoms with Crippen molar-refractivity contribution in [3.63, 3.8) is 0 Å². The molecule has 1 heteroatoms. The lowest BCUT2D eigenvalue weighted by Crippen LogP contribution is -1.65. The molecular weight excluding hydrogens is 132 g/mol. The van der Waals surface area contributed by atoms with Gasteiger partial charge in [-0.15, -0.1) is 0 Å². The Kier molecular flexibility index (Phi) is 5.36. The number of hydrogen-bond donors (Lipinski definition) is 0. The molecule has 0 aliphatic carbocycles. The van der Waals surface area contributed by atoms with Crippen LogP contribution in [0.3, 0.4) is 0 Å². The maximum Gasteiger partial charge on any atom is 0 e. The van der Waals surface area contributed by atoms with Crippen LogP contribution in [0.1, 0.15) is 13.9 Å². The van der Waals surface area contributed by atoms with Gasteiger partial charge in [-0.3, -0.25) is 0 Å². The lowest BCUT2D eigenvalue weighted by Gasteiger charge is -1.86. The second-order valence-corrected chi connectivity index (χ2v) is 1.91. The van der Waals surface area contributed by atoms with Crippen LogP contribution in [0.2, 0.25) is 0 Å². The standard InChI is InChI=1S/C9H10.Mg.H2/c1-2-6-9-7-4-3-5-8-9;;/h2-8H,1H3;;1H/b6-2+;;. The molecule has 0 saturated heterocycles. The minimum atomic E-state index is 0. The minimum absolute atomic E-state index is 0. The van der Waals surface area contributed by atoms with Gasteiger partial charge in [0.15, 0.2) is 0 Å². The van der Waals surface area contributed by atoms with E-state index in [2.05, 4.69) is 18.2 Å². The van der Waals surface area contributed by atoms with Gasteiger partial charge in [0.25, 0.3) is 0 Å². The first kappa shape index (κ1) is 9.73. The molecule has 0 heterocycles. The first-order valence-electron chi connectivity index (χ1n) is 3.11. The summed E-state index contributed by atoms with van der Waals surface area (Å²) in [6, 6.07) is 10.3. The maximum absolute atomic E-state index is 2.08. The normalized spacial score (nSPS) is 9.30. The van der Waals surface area contributed by atoms with E-state index in [1.54, 1.807) is 0 Å². The number of benzene rings is 1. The largest absolute Gasteiger partial charge is 0.0871 e. The molecular formula is C9H12Mg. The van der Waals surface area contributed by atoms with Gasteiger partial charge in [0.05, 0.1) is 0 Å². The molecule has 0 fully saturated rings. The molecule has 2 radical (unpaired) electrons. The molecule has 0 aliphatic rings. The van der Waals surface area contributed by atoms with E-state index in [4.69, 9.17) is 0 Å². The molecule has 1 aromatic carbocycles. The highest BCUT2D eigenvalue weighted by Gasteiger charge is 1.77. The highest BCUT2D eigenvalue weighted by atomic mass is 24.3. The van der Waals surface area contributed by atoms with Gasteiger partial charge in [0, 0.05) is 24.5 Å². The zero-order valence-corrected chi connectivity index (χ0v) is 7.66. The number of hydrogen-bond acceptors (Lipinski definition) is 0. The third-order valence-corrected chi connectivity index (χ3v) is 1.16. The first-order valence-corrected chi connectivity index (χ1v) is 3.11. The zero-order chi connectivity index (χ0) is 6.53. The van der Waals surface area contributed by atoms with E-state index in [0.717, 1.165) is 0 Å². The average molecular weight is 144 g/mol. The third kappa shape index (κ3) is 3.04. The van der Waals surface area contributed by atoms with Crippen LogP contribution in [0.5, 0.6) is 0 Å². The van der Waals surface area contributed by atoms with E-state index in [-0.39, 0.29) is 24.5 Å². The Balaban J connectivity index is 0. The maximum atomic E-state index is 2.08. The Morgan fingerprint density at radius 1 is 1.20 bits per heavy atom. The van der Waals surface area contributed by atoms with Crippen molar-refractivity contribution in [1.82, 2.24) is 0 Å². The Morgan fingerprint density at radius 2 is 1.80 bits per heavy atom. The fourth-order valence-electron chi connectivity index (χ4n) is 0.757. The molecule has 0 unspecified atom stereocenters. The lowest BCUT2D eigenvalue weighted by atomic mass is 10.2. The lowest BCUT2D eigenvalue weighted by molar-refractivity contribution is 1.64. The van der Waals surface area contributed by atoms with Gasteiger partial charge in [0.1, 0.15) is 0 Å². The molecule has 0 aliphatic heterocycles. The van der Waals surface area contributed by atoms with E-state index in [1.807, 2.05) is 31.2 Å². The van der Waals surface area contributed by atoms with Crippen molar-refractivity contribution >= 4 is 29.1 Å². The molecule has 0 saturated carbocycles. The highest BCUT2D eigenvalue weighted by Crippen LogP contribution is 1.99. The van der Waals surface area contributed by atoms with Crippen molar-refractivity contribution < 1.29 is 1.43 Å². The van der Waals surface area contributed by atoms with Crippen molar-refractivity contribution in [2.24, 2.45) is 0 Å². The van der Waals surface area contributed by atoms with E-state index in [9.17, 15) is 0 Å². The SMILES string of the molecule is C/C=C/c1ccccc1.[HH].[Mg]. The topological polar surface area (TPSA) is 0 Å². The van der Waals surface area contributed by atoms with Crippen LogP contribution in [0, 0.1) is 0 Å². The van der Waals surface area contributed by atoms with Crippen molar-refractivity contribution in [3.05, 3.63) is 42.0 Å². The van der Waals surface area contributed by atoms with Gasteiger partial charge in [-0.1, -0.05) is 42.5 Å². The Hall–Kier alpha value is -0.274. The summed E-state index contributed by atoms with van der Waals surface area (Å²) in [5.74, 6) is 0. The van der Waals surface area contributed by atoms with E-state index < -0.39 is 0 Å². The summed E-state index contributed by atoms with van der Waals surface area (Å²) in [5.41, 5.74) is 1.26. The van der Waals surface area contributed by atoms with Crippen molar-refractivity contribution in [1.29, 1.82) is 0 Å². The van der Waals surface area contributed by atoms with Gasteiger partial charge >= 0.3 is 0 Å². The second kappa shape index (κ2) is 5.51. The van der Waals surface area contributed by atoms with Crippen LogP contribution in [0.4, 0.5) is 0 Å². The average Bonchev–Trinajstić information content (AvgIpc) is 1.91. The van der Waals surface area contributed by atoms with Crippen LogP contribution in [0.15, 0.2) is 36.4 Å². The smallest absolute Gasteiger partial charge is 0 e. The molecule has 0 aromatic heterocycles. The summed E-state index contributed by atoms with van der Waals surface area (Å²) >= 11 is 0. The molecule has 1 rings (SSSR count). The van der Waals surface area contributed by atoms with Crippen LogP contribution in [0.25, 0.3) is 6.08 Å². The zero-order valence-electron chi connectivity index (χ0n) is 6.25. The van der Waals surface area contributed by atoms with Crippen LogP contribution in [-0.2, 0) is 0 Å². The van der Waals surface area contributed by atoms with Gasteiger partial charge < -0.3 is 0 Å². The fraction of sp³-hybridized carbons (Fsp3) is 0.111. The molecule has 0 amide bonds. The molecule has 0 bridgehead atoms. The predicted octanol–water partition coefficient (Wildman–Crippen LogP) is 2.58. The van der Waals surface area contributed by atoms with Gasteiger partial charge in [-0.05, 0) is 12.5 Å². The minimum Gasteiger partial charge on any atom is -0.0871 e. The predicted molar refractivity (Wildman–Crippen MR) is 49.0 cm³/mol. The highest BCUT2D eigenvalue weighted by molar-refractivity contribution is 5.75. The number of rotatable bonds is 1. The Labute approximate surface area is 79.6 Å². The summed E-state index contributed by atoms with van der Waals surface area (Å²) < 4.78 is 0. The fourth-order valence-corrected chi connectivity index (χ4v) is 0.757. The molecule has 0 nitrogen and oxygen atoms in total. The van der Waals surface area contributed by atoms with Gasteiger partial charge in [-0.25, -0.2) is 0 Å². The van der Waals surface area contributed by atoms with Crippen molar-refractivity contribution in [2.45, 2.75) is 6.92 Å². The van der Waals surface area contributed by atoms with E-state index >= 15 is 0 Å². The van der Waals surface area contributed by atoms with Crippen LogP contribution < -0.4 is 0 Å². The monoisotopic (exact) mass is 144 g/mol. The van der Waals surface area contributed by atoms with Crippen molar-refractivity contribution in [3.8, 4) is 0 Å². The Morgan fingerprint density at radius 3 is 2.30 bits per heavy atom. The van der Waals surface area contributed by atoms with E-state index in [1.165, 1.54) is 5.56 Å². The van der Waals surface area contributed by atoms with Gasteiger partial charge in [-0.2, -0.15) is 0 Å². The van der Waals surface area contributed by atoms with Crippen LogP contribution >= 0.6 is 0 Å². The van der Waals surface area contributed by atoms with Gasteiger partial charge in [0.2, 0.25) is 0 Å². The molecule has 0 spiro atoms. The molecule has 0 atom stereocenters. The second-order valence-electron chi connectivity index (χ2n) is 1.91. The molecule has 10 heavy (non-hydrogen) atoms. The number of allylic oxidation sites excluding steroid dienone is 1. The first-order chi connectivity index (χ1) is 4.43. The summed E-state index contributed by atoms with van der Waals surface area (Å²) in [4.78, 5) is 0. The Bertz CT molecular complexity index is 194. The van der Waals surface area contributed by atoms with E-state index in [0.29, 0.717) is 0 Å². The molecule has 1 aromatic rings. The summed E-state index contributed by atoms with van der Waals surface area (Å²) in [7, 11) is 0. The summed E-state index contributed by atoms with van der Waals surface area (Å²) in [5, 5.41) is 0. The third-order valence-electron chi connectivity index (χ3n) is 1.16. The molecule has 50 valence electrons. The van der Waals surface area contributed by atoms with Crippen molar-refractivity contribution in [2.75, 3.05) is 0 Å². The summed E-state index contributed by atoms with van der Waals surface area (Å²) in [6.07, 6.45) is 4.12.